The number of benzene rings is 2. The number of aliphatic hydroxyl groups is 1. The molecule has 1 saturated heterocycles. The Kier molecular flexibility index (Phi) is 6.66. The first-order valence-corrected chi connectivity index (χ1v) is 11.5. The predicted molar refractivity (Wildman–Crippen MR) is 129 cm³/mol. The van der Waals surface area contributed by atoms with Gasteiger partial charge in [0.15, 0.2) is 0 Å². The lowest BCUT2D eigenvalue weighted by atomic mass is 9.69. The summed E-state index contributed by atoms with van der Waals surface area (Å²) >= 11 is 0. The molecule has 1 unspecified atom stereocenters. The second-order valence-corrected chi connectivity index (χ2v) is 9.69. The van der Waals surface area contributed by atoms with Gasteiger partial charge in [0, 0.05) is 36.6 Å². The first-order valence-electron chi connectivity index (χ1n) is 11.5. The van der Waals surface area contributed by atoms with Crippen LogP contribution in [-0.4, -0.2) is 44.2 Å². The number of aromatic nitrogens is 2. The van der Waals surface area contributed by atoms with Gasteiger partial charge in [-0.05, 0) is 30.5 Å². The van der Waals surface area contributed by atoms with Crippen molar-refractivity contribution in [3.63, 3.8) is 0 Å². The van der Waals surface area contributed by atoms with Gasteiger partial charge >= 0.3 is 0 Å². The van der Waals surface area contributed by atoms with Gasteiger partial charge in [-0.3, -0.25) is 14.2 Å². The summed E-state index contributed by atoms with van der Waals surface area (Å²) in [5.74, 6) is -0.386. The Bertz CT molecular complexity index is 1230. The molecule has 178 valence electrons. The second-order valence-electron chi connectivity index (χ2n) is 9.69. The molecule has 2 aromatic carbocycles. The van der Waals surface area contributed by atoms with Crippen molar-refractivity contribution in [3.05, 3.63) is 88.7 Å². The van der Waals surface area contributed by atoms with E-state index in [9.17, 15) is 19.1 Å². The number of piperidine rings is 1. The minimum absolute atomic E-state index is 0.0510. The van der Waals surface area contributed by atoms with Crippen LogP contribution in [0.3, 0.4) is 0 Å². The normalized spacial score (nSPS) is 19.7. The SMILES string of the molecule is CC1(C)CN(C(=O)CCc2ccccc2)CCC1(O)Cn1cnc(-c2ccccc2F)cc1=O. The zero-order chi connectivity index (χ0) is 24.3. The van der Waals surface area contributed by atoms with E-state index in [1.807, 2.05) is 44.2 Å². The average molecular weight is 464 g/mol. The van der Waals surface area contributed by atoms with Gasteiger partial charge in [0.1, 0.15) is 5.82 Å². The number of carbonyl (C=O) groups excluding carboxylic acids is 1. The predicted octanol–water partition coefficient (Wildman–Crippen LogP) is 3.67. The Morgan fingerprint density at radius 1 is 1.12 bits per heavy atom. The van der Waals surface area contributed by atoms with Crippen LogP contribution in [0.25, 0.3) is 11.3 Å². The third-order valence-electron chi connectivity index (χ3n) is 6.93. The van der Waals surface area contributed by atoms with E-state index >= 15 is 0 Å². The van der Waals surface area contributed by atoms with E-state index in [1.54, 1.807) is 23.1 Å². The highest BCUT2D eigenvalue weighted by atomic mass is 19.1. The molecule has 2 heterocycles. The summed E-state index contributed by atoms with van der Waals surface area (Å²) in [6, 6.07) is 17.3. The molecule has 1 N–H and O–H groups in total. The van der Waals surface area contributed by atoms with E-state index in [0.717, 1.165) is 5.56 Å². The molecular formula is C27H30FN3O3. The van der Waals surface area contributed by atoms with Gasteiger partial charge in [0.25, 0.3) is 5.56 Å². The number of hydrogen-bond donors (Lipinski definition) is 1. The van der Waals surface area contributed by atoms with Gasteiger partial charge in [-0.15, -0.1) is 0 Å². The fraction of sp³-hybridized carbons (Fsp3) is 0.370. The maximum Gasteiger partial charge on any atom is 0.253 e. The number of aryl methyl sites for hydroxylation is 1. The highest BCUT2D eigenvalue weighted by Gasteiger charge is 2.48. The average Bonchev–Trinajstić information content (AvgIpc) is 2.82. The van der Waals surface area contributed by atoms with Gasteiger partial charge in [-0.25, -0.2) is 9.37 Å². The molecule has 6 nitrogen and oxygen atoms in total. The zero-order valence-corrected chi connectivity index (χ0v) is 19.6. The summed E-state index contributed by atoms with van der Waals surface area (Å²) in [5, 5.41) is 11.5. The van der Waals surface area contributed by atoms with Crippen molar-refractivity contribution in [2.24, 2.45) is 5.41 Å². The lowest BCUT2D eigenvalue weighted by Gasteiger charge is -2.50. The first-order chi connectivity index (χ1) is 16.2. The van der Waals surface area contributed by atoms with Crippen molar-refractivity contribution in [1.82, 2.24) is 14.5 Å². The van der Waals surface area contributed by atoms with E-state index in [4.69, 9.17) is 0 Å². The van der Waals surface area contributed by atoms with E-state index in [2.05, 4.69) is 4.98 Å². The molecule has 1 atom stereocenters. The van der Waals surface area contributed by atoms with Crippen LogP contribution in [0.1, 0.15) is 32.3 Å². The number of amides is 1. The third kappa shape index (κ3) is 4.94. The summed E-state index contributed by atoms with van der Waals surface area (Å²) in [6.45, 7) is 4.69. The number of halogens is 1. The van der Waals surface area contributed by atoms with E-state index in [-0.39, 0.29) is 29.3 Å². The number of nitrogens with zero attached hydrogens (tertiary/aromatic N) is 3. The molecule has 3 aromatic rings. The lowest BCUT2D eigenvalue weighted by molar-refractivity contribution is -0.153. The van der Waals surface area contributed by atoms with Gasteiger partial charge in [0.05, 0.1) is 24.2 Å². The van der Waals surface area contributed by atoms with Crippen molar-refractivity contribution in [1.29, 1.82) is 0 Å². The van der Waals surface area contributed by atoms with Crippen LogP contribution < -0.4 is 5.56 Å². The molecule has 7 heteroatoms. The van der Waals surface area contributed by atoms with Crippen LogP contribution in [0.4, 0.5) is 4.39 Å². The Morgan fingerprint density at radius 2 is 1.82 bits per heavy atom. The molecule has 1 aromatic heterocycles. The fourth-order valence-electron chi connectivity index (χ4n) is 4.56. The monoisotopic (exact) mass is 463 g/mol. The van der Waals surface area contributed by atoms with Crippen molar-refractivity contribution < 1.29 is 14.3 Å². The van der Waals surface area contributed by atoms with Crippen LogP contribution in [0.15, 0.2) is 71.8 Å². The quantitative estimate of drug-likeness (QED) is 0.605. The van der Waals surface area contributed by atoms with E-state index < -0.39 is 16.8 Å². The third-order valence-corrected chi connectivity index (χ3v) is 6.93. The molecule has 0 radical (unpaired) electrons. The minimum Gasteiger partial charge on any atom is -0.387 e. The molecule has 1 amide bonds. The molecule has 4 rings (SSSR count). The Hall–Kier alpha value is -3.32. The van der Waals surface area contributed by atoms with Crippen LogP contribution in [0.5, 0.6) is 0 Å². The lowest BCUT2D eigenvalue weighted by Crippen LogP contribution is -2.60. The number of hydrogen-bond acceptors (Lipinski definition) is 4. The molecule has 1 fully saturated rings. The maximum absolute atomic E-state index is 14.1. The van der Waals surface area contributed by atoms with Gasteiger partial charge in [-0.2, -0.15) is 0 Å². The van der Waals surface area contributed by atoms with E-state index in [0.29, 0.717) is 32.4 Å². The summed E-state index contributed by atoms with van der Waals surface area (Å²) in [6.07, 6.45) is 2.80. The topological polar surface area (TPSA) is 75.4 Å². The maximum atomic E-state index is 14.1. The molecule has 0 saturated carbocycles. The second kappa shape index (κ2) is 9.50. The molecule has 0 spiro atoms. The highest BCUT2D eigenvalue weighted by molar-refractivity contribution is 5.76. The van der Waals surface area contributed by atoms with Crippen LogP contribution in [-0.2, 0) is 17.8 Å². The Labute approximate surface area is 198 Å². The fourth-order valence-corrected chi connectivity index (χ4v) is 4.56. The number of carbonyl (C=O) groups is 1. The summed E-state index contributed by atoms with van der Waals surface area (Å²) in [5.41, 5.74) is -0.573. The largest absolute Gasteiger partial charge is 0.387 e. The van der Waals surface area contributed by atoms with Crippen molar-refractivity contribution in [3.8, 4) is 11.3 Å². The highest BCUT2D eigenvalue weighted by Crippen LogP contribution is 2.40. The van der Waals surface area contributed by atoms with Crippen molar-refractivity contribution >= 4 is 5.91 Å². The molecule has 0 bridgehead atoms. The number of likely N-dealkylation sites (tertiary alicyclic amines) is 1. The number of rotatable bonds is 6. The van der Waals surface area contributed by atoms with Crippen LogP contribution in [0.2, 0.25) is 0 Å². The summed E-state index contributed by atoms with van der Waals surface area (Å²) in [4.78, 5) is 31.7. The minimum atomic E-state index is -1.20. The molecule has 1 aliphatic rings. The summed E-state index contributed by atoms with van der Waals surface area (Å²) < 4.78 is 15.4. The first kappa shape index (κ1) is 23.8. The molecule has 1 aliphatic heterocycles. The van der Waals surface area contributed by atoms with Crippen LogP contribution in [0, 0.1) is 11.2 Å². The Morgan fingerprint density at radius 3 is 2.50 bits per heavy atom. The molecular weight excluding hydrogens is 433 g/mol. The van der Waals surface area contributed by atoms with Crippen molar-refractivity contribution in [2.75, 3.05) is 13.1 Å². The van der Waals surface area contributed by atoms with Gasteiger partial charge < -0.3 is 10.0 Å². The Balaban J connectivity index is 1.44. The van der Waals surface area contributed by atoms with E-state index in [1.165, 1.54) is 23.0 Å². The molecule has 0 aliphatic carbocycles. The van der Waals surface area contributed by atoms with Crippen LogP contribution >= 0.6 is 0 Å². The standard InChI is InChI=1S/C27H30FN3O3/c1-26(2)17-30(24(32)13-12-20-8-4-3-5-9-20)15-14-27(26,34)18-31-19-29-23(16-25(31)33)21-10-6-7-11-22(21)28/h3-11,16,19,34H,12-15,17-18H2,1-2H3. The molecule has 34 heavy (non-hydrogen) atoms. The zero-order valence-electron chi connectivity index (χ0n) is 19.6. The smallest absolute Gasteiger partial charge is 0.253 e. The van der Waals surface area contributed by atoms with Gasteiger partial charge in [0.2, 0.25) is 5.91 Å². The van der Waals surface area contributed by atoms with Crippen molar-refractivity contribution in [2.45, 2.75) is 45.3 Å². The summed E-state index contributed by atoms with van der Waals surface area (Å²) in [7, 11) is 0. The van der Waals surface area contributed by atoms with Gasteiger partial charge in [-0.1, -0.05) is 56.3 Å².